The Bertz CT molecular complexity index is 633. The van der Waals surface area contributed by atoms with Crippen molar-refractivity contribution in [3.8, 4) is 23.0 Å². The van der Waals surface area contributed by atoms with Gasteiger partial charge in [0.05, 0.1) is 28.4 Å². The Kier molecular flexibility index (Phi) is 7.33. The quantitative estimate of drug-likeness (QED) is 0.646. The van der Waals surface area contributed by atoms with Gasteiger partial charge in [-0.1, -0.05) is 12.1 Å². The lowest BCUT2D eigenvalue weighted by molar-refractivity contribution is -0.119. The fourth-order valence-corrected chi connectivity index (χ4v) is 3.00. The topological polar surface area (TPSA) is 54.0 Å². The van der Waals surface area contributed by atoms with Crippen LogP contribution in [0, 0.1) is 0 Å². The van der Waals surface area contributed by atoms with Crippen LogP contribution in [0.5, 0.6) is 23.0 Å². The third-order valence-corrected chi connectivity index (χ3v) is 4.37. The highest BCUT2D eigenvalue weighted by atomic mass is 16.5. The third kappa shape index (κ3) is 4.69. The van der Waals surface area contributed by atoms with Gasteiger partial charge in [0.25, 0.3) is 0 Å². The lowest BCUT2D eigenvalue weighted by atomic mass is 10.0. The predicted octanol–water partition coefficient (Wildman–Crippen LogP) is 3.86. The van der Waals surface area contributed by atoms with Crippen LogP contribution in [0.2, 0.25) is 0 Å². The summed E-state index contributed by atoms with van der Waals surface area (Å²) in [6.07, 6.45) is 2.01. The number of carbonyl (C=O) groups is 1. The molecule has 0 aromatic heterocycles. The minimum absolute atomic E-state index is 0.172. The monoisotopic (exact) mass is 358 g/mol. The average molecular weight is 358 g/mol. The molecule has 0 heterocycles. The van der Waals surface area contributed by atoms with Gasteiger partial charge in [-0.3, -0.25) is 4.79 Å². The molecule has 0 aliphatic rings. The van der Waals surface area contributed by atoms with Crippen molar-refractivity contribution in [2.75, 3.05) is 28.4 Å². The maximum absolute atomic E-state index is 12.4. The van der Waals surface area contributed by atoms with E-state index in [1.54, 1.807) is 28.4 Å². The summed E-state index contributed by atoms with van der Waals surface area (Å²) in [4.78, 5) is 12.4. The Morgan fingerprint density at radius 1 is 0.654 bits per heavy atom. The van der Waals surface area contributed by atoms with Crippen LogP contribution in [0.1, 0.15) is 24.0 Å². The molecule has 0 bridgehead atoms. The van der Waals surface area contributed by atoms with Crippen LogP contribution in [0.4, 0.5) is 0 Å². The van der Waals surface area contributed by atoms with E-state index in [-0.39, 0.29) is 5.78 Å². The Morgan fingerprint density at radius 2 is 0.962 bits per heavy atom. The Hall–Kier alpha value is -2.69. The smallest absolute Gasteiger partial charge is 0.133 e. The van der Waals surface area contributed by atoms with Gasteiger partial charge >= 0.3 is 0 Å². The van der Waals surface area contributed by atoms with E-state index in [1.807, 2.05) is 36.4 Å². The van der Waals surface area contributed by atoms with Crippen LogP contribution < -0.4 is 18.9 Å². The van der Waals surface area contributed by atoms with Crippen molar-refractivity contribution >= 4 is 5.78 Å². The van der Waals surface area contributed by atoms with Gasteiger partial charge < -0.3 is 18.9 Å². The molecule has 140 valence electrons. The zero-order chi connectivity index (χ0) is 18.9. The molecule has 0 radical (unpaired) electrons. The van der Waals surface area contributed by atoms with Gasteiger partial charge in [0.15, 0.2) is 0 Å². The molecule has 0 fully saturated rings. The summed E-state index contributed by atoms with van der Waals surface area (Å²) in [6.45, 7) is 0. The van der Waals surface area contributed by atoms with Gasteiger partial charge in [0.1, 0.15) is 28.8 Å². The summed E-state index contributed by atoms with van der Waals surface area (Å²) >= 11 is 0. The van der Waals surface area contributed by atoms with Gasteiger partial charge in [-0.15, -0.1) is 0 Å². The number of rotatable bonds is 10. The summed E-state index contributed by atoms with van der Waals surface area (Å²) in [5, 5.41) is 0. The number of ketones is 1. The summed E-state index contributed by atoms with van der Waals surface area (Å²) in [5.74, 6) is 3.13. The average Bonchev–Trinajstić information content (AvgIpc) is 2.69. The molecule has 2 aromatic carbocycles. The van der Waals surface area contributed by atoms with Crippen LogP contribution >= 0.6 is 0 Å². The fraction of sp³-hybridized carbons (Fsp3) is 0.381. The lowest BCUT2D eigenvalue weighted by Gasteiger charge is -2.14. The second-order valence-corrected chi connectivity index (χ2v) is 5.82. The molecule has 5 nitrogen and oxygen atoms in total. The number of hydrogen-bond donors (Lipinski definition) is 0. The van der Waals surface area contributed by atoms with Crippen molar-refractivity contribution in [2.45, 2.75) is 25.7 Å². The standard InChI is InChI=1S/C21H26O5/c1-23-18-7-5-8-19(24-2)16(18)13-11-15(22)12-14-17-20(25-3)9-6-10-21(17)26-4/h5-10H,11-14H2,1-4H3. The normalized spacial score (nSPS) is 10.3. The summed E-state index contributed by atoms with van der Waals surface area (Å²) in [7, 11) is 6.48. The number of ether oxygens (including phenoxy) is 4. The molecule has 0 saturated heterocycles. The molecule has 0 spiro atoms. The maximum atomic E-state index is 12.4. The zero-order valence-corrected chi connectivity index (χ0v) is 15.8. The predicted molar refractivity (Wildman–Crippen MR) is 101 cm³/mol. The number of carbonyl (C=O) groups excluding carboxylic acids is 1. The number of benzene rings is 2. The van der Waals surface area contributed by atoms with E-state index in [4.69, 9.17) is 18.9 Å². The zero-order valence-electron chi connectivity index (χ0n) is 15.8. The molecule has 5 heteroatoms. The first-order chi connectivity index (χ1) is 12.6. The Morgan fingerprint density at radius 3 is 1.23 bits per heavy atom. The van der Waals surface area contributed by atoms with E-state index < -0.39 is 0 Å². The fourth-order valence-electron chi connectivity index (χ4n) is 3.00. The van der Waals surface area contributed by atoms with Crippen molar-refractivity contribution in [2.24, 2.45) is 0 Å². The first-order valence-corrected chi connectivity index (χ1v) is 8.56. The van der Waals surface area contributed by atoms with Crippen molar-refractivity contribution in [3.63, 3.8) is 0 Å². The van der Waals surface area contributed by atoms with Crippen LogP contribution in [0.3, 0.4) is 0 Å². The van der Waals surface area contributed by atoms with Gasteiger partial charge in [0, 0.05) is 24.0 Å². The summed E-state index contributed by atoms with van der Waals surface area (Å²) < 4.78 is 21.5. The highest BCUT2D eigenvalue weighted by Gasteiger charge is 2.14. The lowest BCUT2D eigenvalue weighted by Crippen LogP contribution is -2.06. The van der Waals surface area contributed by atoms with E-state index in [0.29, 0.717) is 25.7 Å². The molecule has 0 saturated carbocycles. The first kappa shape index (κ1) is 19.6. The van der Waals surface area contributed by atoms with Gasteiger partial charge in [-0.05, 0) is 37.1 Å². The number of hydrogen-bond acceptors (Lipinski definition) is 5. The van der Waals surface area contributed by atoms with Gasteiger partial charge in [-0.25, -0.2) is 0 Å². The molecular formula is C21H26O5. The minimum atomic E-state index is 0.172. The molecule has 2 rings (SSSR count). The highest BCUT2D eigenvalue weighted by molar-refractivity contribution is 5.79. The van der Waals surface area contributed by atoms with E-state index in [9.17, 15) is 4.79 Å². The molecular weight excluding hydrogens is 332 g/mol. The molecule has 0 N–H and O–H groups in total. The van der Waals surface area contributed by atoms with E-state index in [2.05, 4.69) is 0 Å². The molecule has 0 atom stereocenters. The first-order valence-electron chi connectivity index (χ1n) is 8.56. The largest absolute Gasteiger partial charge is 0.496 e. The number of Topliss-reactive ketones (excluding diaryl/α,β-unsaturated/α-hetero) is 1. The molecule has 0 aliphatic carbocycles. The van der Waals surface area contributed by atoms with Crippen molar-refractivity contribution < 1.29 is 23.7 Å². The van der Waals surface area contributed by atoms with Crippen LogP contribution in [0.15, 0.2) is 36.4 Å². The van der Waals surface area contributed by atoms with Crippen LogP contribution in [-0.4, -0.2) is 34.2 Å². The van der Waals surface area contributed by atoms with Crippen LogP contribution in [0.25, 0.3) is 0 Å². The van der Waals surface area contributed by atoms with Gasteiger partial charge in [-0.2, -0.15) is 0 Å². The summed E-state index contributed by atoms with van der Waals surface area (Å²) in [6, 6.07) is 11.3. The minimum Gasteiger partial charge on any atom is -0.496 e. The Balaban J connectivity index is 2.01. The van der Waals surface area contributed by atoms with Crippen molar-refractivity contribution in [1.82, 2.24) is 0 Å². The molecule has 26 heavy (non-hydrogen) atoms. The number of methoxy groups -OCH3 is 4. The molecule has 2 aromatic rings. The second-order valence-electron chi connectivity index (χ2n) is 5.82. The summed E-state index contributed by atoms with van der Waals surface area (Å²) in [5.41, 5.74) is 1.83. The van der Waals surface area contributed by atoms with E-state index in [1.165, 1.54) is 0 Å². The van der Waals surface area contributed by atoms with Crippen LogP contribution in [-0.2, 0) is 17.6 Å². The van der Waals surface area contributed by atoms with E-state index >= 15 is 0 Å². The molecule has 0 amide bonds. The SMILES string of the molecule is COc1cccc(OC)c1CCC(=O)CCc1c(OC)cccc1OC. The third-order valence-electron chi connectivity index (χ3n) is 4.37. The highest BCUT2D eigenvalue weighted by Crippen LogP contribution is 2.31. The van der Waals surface area contributed by atoms with Crippen molar-refractivity contribution in [3.05, 3.63) is 47.5 Å². The maximum Gasteiger partial charge on any atom is 0.133 e. The molecule has 0 aliphatic heterocycles. The van der Waals surface area contributed by atoms with E-state index in [0.717, 1.165) is 34.1 Å². The Labute approximate surface area is 154 Å². The van der Waals surface area contributed by atoms with Gasteiger partial charge in [0.2, 0.25) is 0 Å². The van der Waals surface area contributed by atoms with Crippen molar-refractivity contribution in [1.29, 1.82) is 0 Å². The molecule has 0 unspecified atom stereocenters. The second kappa shape index (κ2) is 9.70.